The average Bonchev–Trinajstić information content (AvgIpc) is 2.14. The van der Waals surface area contributed by atoms with Gasteiger partial charge in [-0.2, -0.15) is 0 Å². The number of aldehydes is 1. The van der Waals surface area contributed by atoms with Crippen LogP contribution in [-0.2, 0) is 0 Å². The first-order valence-corrected chi connectivity index (χ1v) is 3.90. The Balaban J connectivity index is 0.00000196. The molecule has 0 N–H and O–H groups in total. The molecule has 7 heteroatoms. The number of carbonyl (C=O) groups is 1. The van der Waals surface area contributed by atoms with Crippen molar-refractivity contribution in [3.8, 4) is 5.75 Å². The SMILES string of the molecule is O=Cc1cccc(OC[B-](F)(F)F)c1.[K+]. The first-order chi connectivity index (χ1) is 6.51. The van der Waals surface area contributed by atoms with E-state index < -0.39 is 13.5 Å². The van der Waals surface area contributed by atoms with E-state index in [1.165, 1.54) is 24.3 Å². The van der Waals surface area contributed by atoms with Gasteiger partial charge in [0.1, 0.15) is 12.0 Å². The van der Waals surface area contributed by atoms with Crippen molar-refractivity contribution in [1.82, 2.24) is 0 Å². The van der Waals surface area contributed by atoms with Crippen LogP contribution in [0.4, 0.5) is 12.9 Å². The minimum atomic E-state index is -4.96. The molecule has 15 heavy (non-hydrogen) atoms. The van der Waals surface area contributed by atoms with Gasteiger partial charge in [0, 0.05) is 5.56 Å². The molecule has 0 aliphatic rings. The second-order valence-corrected chi connectivity index (χ2v) is 2.71. The number of benzene rings is 1. The molecule has 2 nitrogen and oxygen atoms in total. The van der Waals surface area contributed by atoms with Crippen LogP contribution in [0.3, 0.4) is 0 Å². The molecular formula is C8H7BF3KO2. The van der Waals surface area contributed by atoms with Gasteiger partial charge in [-0.05, 0) is 12.1 Å². The zero-order valence-corrected chi connectivity index (χ0v) is 11.2. The summed E-state index contributed by atoms with van der Waals surface area (Å²) in [5.74, 6) is 0.0498. The van der Waals surface area contributed by atoms with Crippen molar-refractivity contribution in [3.05, 3.63) is 29.8 Å². The number of halogens is 3. The minimum absolute atomic E-state index is 0. The van der Waals surface area contributed by atoms with Gasteiger partial charge >= 0.3 is 58.4 Å². The van der Waals surface area contributed by atoms with Crippen LogP contribution in [0.5, 0.6) is 5.75 Å². The predicted octanol–water partition coefficient (Wildman–Crippen LogP) is -0.732. The Morgan fingerprint density at radius 1 is 1.33 bits per heavy atom. The maximum Gasteiger partial charge on any atom is 1.00 e. The summed E-state index contributed by atoms with van der Waals surface area (Å²) in [6.07, 6.45) is 0.547. The third-order valence-corrected chi connectivity index (χ3v) is 1.43. The summed E-state index contributed by atoms with van der Waals surface area (Å²) < 4.78 is 39.8. The van der Waals surface area contributed by atoms with E-state index >= 15 is 0 Å². The van der Waals surface area contributed by atoms with Crippen LogP contribution in [0.1, 0.15) is 10.4 Å². The monoisotopic (exact) mass is 242 g/mol. The van der Waals surface area contributed by atoms with E-state index in [-0.39, 0.29) is 62.7 Å². The van der Waals surface area contributed by atoms with Crippen LogP contribution in [0.2, 0.25) is 0 Å². The summed E-state index contributed by atoms with van der Waals surface area (Å²) >= 11 is 0. The quantitative estimate of drug-likeness (QED) is 0.514. The van der Waals surface area contributed by atoms with E-state index in [0.717, 1.165) is 0 Å². The Kier molecular flexibility index (Phi) is 6.78. The van der Waals surface area contributed by atoms with Gasteiger partial charge in [0.25, 0.3) is 0 Å². The van der Waals surface area contributed by atoms with Crippen molar-refractivity contribution >= 4 is 13.3 Å². The number of carbonyl (C=O) groups excluding carboxylic acids is 1. The van der Waals surface area contributed by atoms with E-state index in [4.69, 9.17) is 0 Å². The van der Waals surface area contributed by atoms with Gasteiger partial charge in [-0.15, -0.1) is 0 Å². The molecule has 0 saturated carbocycles. The molecule has 0 aromatic heterocycles. The summed E-state index contributed by atoms with van der Waals surface area (Å²) in [5, 5.41) is 0. The fourth-order valence-electron chi connectivity index (χ4n) is 0.868. The van der Waals surface area contributed by atoms with Crippen molar-refractivity contribution in [2.24, 2.45) is 0 Å². The maximum absolute atomic E-state index is 11.8. The normalized spacial score (nSPS) is 10.3. The first-order valence-electron chi connectivity index (χ1n) is 3.90. The summed E-state index contributed by atoms with van der Waals surface area (Å²) in [6, 6.07) is 5.57. The summed E-state index contributed by atoms with van der Waals surface area (Å²) in [7, 11) is 0. The second-order valence-electron chi connectivity index (χ2n) is 2.71. The molecule has 1 aromatic carbocycles. The molecule has 1 aromatic rings. The Morgan fingerprint density at radius 3 is 2.53 bits per heavy atom. The first kappa shape index (κ1) is 15.2. The molecule has 0 aliphatic carbocycles. The molecule has 0 amide bonds. The zero-order chi connectivity index (χ0) is 10.6. The smallest absolute Gasteiger partial charge is 0.522 e. The number of hydrogen-bond acceptors (Lipinski definition) is 2. The van der Waals surface area contributed by atoms with Gasteiger partial charge < -0.3 is 17.7 Å². The topological polar surface area (TPSA) is 26.3 Å². The van der Waals surface area contributed by atoms with Gasteiger partial charge in [0.15, 0.2) is 0 Å². The van der Waals surface area contributed by atoms with Crippen LogP contribution >= 0.6 is 0 Å². The van der Waals surface area contributed by atoms with Crippen LogP contribution in [-0.4, -0.2) is 19.8 Å². The van der Waals surface area contributed by atoms with E-state index in [1.54, 1.807) is 0 Å². The molecule has 1 rings (SSSR count). The Morgan fingerprint density at radius 2 is 2.00 bits per heavy atom. The fourth-order valence-corrected chi connectivity index (χ4v) is 0.868. The summed E-state index contributed by atoms with van der Waals surface area (Å²) in [6.45, 7) is -6.24. The number of ether oxygens (including phenoxy) is 1. The van der Waals surface area contributed by atoms with Crippen LogP contribution in [0.15, 0.2) is 24.3 Å². The van der Waals surface area contributed by atoms with Crippen molar-refractivity contribution < 1.29 is 73.9 Å². The van der Waals surface area contributed by atoms with Crippen molar-refractivity contribution in [3.63, 3.8) is 0 Å². The number of hydrogen-bond donors (Lipinski definition) is 0. The summed E-state index contributed by atoms with van der Waals surface area (Å²) in [5.41, 5.74) is 0.289. The molecule has 0 atom stereocenters. The Labute approximate surface area is 128 Å². The van der Waals surface area contributed by atoms with Gasteiger partial charge in [-0.3, -0.25) is 4.79 Å². The third kappa shape index (κ3) is 6.37. The van der Waals surface area contributed by atoms with E-state index in [2.05, 4.69) is 4.74 Å². The average molecular weight is 242 g/mol. The molecule has 0 fully saturated rings. The zero-order valence-electron chi connectivity index (χ0n) is 8.12. The van der Waals surface area contributed by atoms with Crippen molar-refractivity contribution in [1.29, 1.82) is 0 Å². The van der Waals surface area contributed by atoms with E-state index in [0.29, 0.717) is 6.29 Å². The van der Waals surface area contributed by atoms with Gasteiger partial charge in [0.2, 0.25) is 0 Å². The van der Waals surface area contributed by atoms with Crippen LogP contribution < -0.4 is 56.1 Å². The van der Waals surface area contributed by atoms with Gasteiger partial charge in [-0.25, -0.2) is 0 Å². The van der Waals surface area contributed by atoms with Crippen LogP contribution in [0, 0.1) is 0 Å². The van der Waals surface area contributed by atoms with Crippen molar-refractivity contribution in [2.45, 2.75) is 0 Å². The molecule has 0 spiro atoms. The molecule has 0 unspecified atom stereocenters. The Hall–Kier alpha value is 0.181. The largest absolute Gasteiger partial charge is 1.00 e. The van der Waals surface area contributed by atoms with Crippen LogP contribution in [0.25, 0.3) is 0 Å². The molecule has 0 saturated heterocycles. The van der Waals surface area contributed by atoms with Gasteiger partial charge in [0.05, 0.1) is 6.51 Å². The predicted molar refractivity (Wildman–Crippen MR) is 46.4 cm³/mol. The minimum Gasteiger partial charge on any atom is -0.522 e. The molecule has 0 aliphatic heterocycles. The number of rotatable bonds is 4. The molecule has 76 valence electrons. The molecule has 0 heterocycles. The van der Waals surface area contributed by atoms with E-state index in [9.17, 15) is 17.7 Å². The maximum atomic E-state index is 11.8. The fraction of sp³-hybridized carbons (Fsp3) is 0.125. The van der Waals surface area contributed by atoms with Gasteiger partial charge in [-0.1, -0.05) is 12.1 Å². The second kappa shape index (κ2) is 6.70. The summed E-state index contributed by atoms with van der Waals surface area (Å²) in [4.78, 5) is 10.3. The molecule has 0 bridgehead atoms. The Bertz CT molecular complexity index is 330. The standard InChI is InChI=1S/C8H7BF3O2.K/c10-9(11,12)6-14-8-3-1-2-7(4-8)5-13;/h1-5H,6H2;/q-1;+1. The molecule has 0 radical (unpaired) electrons. The third-order valence-electron chi connectivity index (χ3n) is 1.43. The van der Waals surface area contributed by atoms with E-state index in [1.807, 2.05) is 0 Å². The van der Waals surface area contributed by atoms with Crippen molar-refractivity contribution in [2.75, 3.05) is 6.51 Å². The molecular weight excluding hydrogens is 235 g/mol.